The molecule has 1 nitrogen and oxygen atoms in total. The molecular formula is C9H10BrN. The summed E-state index contributed by atoms with van der Waals surface area (Å²) in [5.41, 5.74) is 2.22. The molecule has 2 heteroatoms. The molecule has 0 N–H and O–H groups in total. The fraction of sp³-hybridized carbons (Fsp3) is 0.222. The van der Waals surface area contributed by atoms with Crippen LogP contribution in [0.2, 0.25) is 0 Å². The minimum Gasteiger partial charge on any atom is -0.256 e. The summed E-state index contributed by atoms with van der Waals surface area (Å²) in [5, 5.41) is 0. The highest BCUT2D eigenvalue weighted by Crippen LogP contribution is 2.15. The molecule has 0 aliphatic carbocycles. The highest BCUT2D eigenvalue weighted by Gasteiger charge is 1.94. The molecule has 1 aromatic rings. The van der Waals surface area contributed by atoms with E-state index in [-0.39, 0.29) is 0 Å². The molecule has 0 spiro atoms. The molecule has 0 amide bonds. The van der Waals surface area contributed by atoms with Gasteiger partial charge in [-0.15, -0.1) is 0 Å². The topological polar surface area (TPSA) is 12.9 Å². The van der Waals surface area contributed by atoms with Crippen molar-refractivity contribution in [1.82, 2.24) is 4.98 Å². The van der Waals surface area contributed by atoms with Crippen molar-refractivity contribution in [3.05, 3.63) is 34.1 Å². The zero-order chi connectivity index (χ0) is 8.27. The number of nitrogens with zero attached hydrogens (tertiary/aromatic N) is 1. The monoisotopic (exact) mass is 211 g/mol. The van der Waals surface area contributed by atoms with Crippen LogP contribution in [0, 0.1) is 6.92 Å². The normalized spacial score (nSPS) is 10.8. The van der Waals surface area contributed by atoms with Gasteiger partial charge in [-0.1, -0.05) is 6.08 Å². The first-order valence-electron chi connectivity index (χ1n) is 3.49. The van der Waals surface area contributed by atoms with Crippen molar-refractivity contribution in [3.8, 4) is 0 Å². The van der Waals surface area contributed by atoms with E-state index in [4.69, 9.17) is 0 Å². The van der Waals surface area contributed by atoms with Gasteiger partial charge < -0.3 is 0 Å². The van der Waals surface area contributed by atoms with E-state index >= 15 is 0 Å². The van der Waals surface area contributed by atoms with Crippen LogP contribution in [0.15, 0.2) is 22.8 Å². The standard InChI is InChI=1S/C9H10BrN/c1-3-4-8-5-7(2)9(10)6-11-8/h3-6H,1-2H3. The molecule has 0 saturated carbocycles. The minimum absolute atomic E-state index is 1.01. The van der Waals surface area contributed by atoms with Gasteiger partial charge in [0.1, 0.15) is 0 Å². The molecule has 1 rings (SSSR count). The van der Waals surface area contributed by atoms with Crippen LogP contribution in [0.3, 0.4) is 0 Å². The summed E-state index contributed by atoms with van der Waals surface area (Å²) in [5.74, 6) is 0. The summed E-state index contributed by atoms with van der Waals surface area (Å²) < 4.78 is 1.06. The van der Waals surface area contributed by atoms with Crippen molar-refractivity contribution in [2.45, 2.75) is 13.8 Å². The molecule has 0 saturated heterocycles. The Labute approximate surface area is 75.3 Å². The molecule has 0 aliphatic heterocycles. The van der Waals surface area contributed by atoms with Gasteiger partial charge in [0.25, 0.3) is 0 Å². The van der Waals surface area contributed by atoms with E-state index < -0.39 is 0 Å². The van der Waals surface area contributed by atoms with E-state index in [9.17, 15) is 0 Å². The third kappa shape index (κ3) is 2.15. The molecule has 0 fully saturated rings. The van der Waals surface area contributed by atoms with Crippen molar-refractivity contribution in [2.24, 2.45) is 0 Å². The first kappa shape index (κ1) is 8.47. The van der Waals surface area contributed by atoms with Crippen molar-refractivity contribution >= 4 is 22.0 Å². The van der Waals surface area contributed by atoms with E-state index in [0.29, 0.717) is 0 Å². The highest BCUT2D eigenvalue weighted by molar-refractivity contribution is 9.10. The van der Waals surface area contributed by atoms with Gasteiger partial charge >= 0.3 is 0 Å². The second kappa shape index (κ2) is 3.67. The lowest BCUT2D eigenvalue weighted by atomic mass is 10.2. The summed E-state index contributed by atoms with van der Waals surface area (Å²) in [6.07, 6.45) is 5.79. The average molecular weight is 212 g/mol. The molecular weight excluding hydrogens is 202 g/mol. The Balaban J connectivity index is 3.05. The van der Waals surface area contributed by atoms with Gasteiger partial charge in [-0.05, 0) is 47.5 Å². The van der Waals surface area contributed by atoms with E-state index in [2.05, 4.69) is 27.8 Å². The lowest BCUT2D eigenvalue weighted by Crippen LogP contribution is -1.83. The van der Waals surface area contributed by atoms with Gasteiger partial charge in [0, 0.05) is 10.7 Å². The van der Waals surface area contributed by atoms with Crippen molar-refractivity contribution < 1.29 is 0 Å². The average Bonchev–Trinajstić information content (AvgIpc) is 1.98. The second-order valence-electron chi connectivity index (χ2n) is 2.36. The number of hydrogen-bond donors (Lipinski definition) is 0. The lowest BCUT2D eigenvalue weighted by Gasteiger charge is -1.97. The van der Waals surface area contributed by atoms with Crippen LogP contribution in [-0.4, -0.2) is 4.98 Å². The third-order valence-electron chi connectivity index (χ3n) is 1.41. The zero-order valence-electron chi connectivity index (χ0n) is 6.63. The van der Waals surface area contributed by atoms with Crippen LogP contribution in [0.25, 0.3) is 6.08 Å². The summed E-state index contributed by atoms with van der Waals surface area (Å²) >= 11 is 3.39. The van der Waals surface area contributed by atoms with E-state index in [1.165, 1.54) is 5.56 Å². The van der Waals surface area contributed by atoms with Crippen LogP contribution < -0.4 is 0 Å². The third-order valence-corrected chi connectivity index (χ3v) is 2.24. The first-order valence-corrected chi connectivity index (χ1v) is 4.28. The summed E-state index contributed by atoms with van der Waals surface area (Å²) in [7, 11) is 0. The second-order valence-corrected chi connectivity index (χ2v) is 3.21. The van der Waals surface area contributed by atoms with Crippen molar-refractivity contribution in [3.63, 3.8) is 0 Å². The largest absolute Gasteiger partial charge is 0.256 e. The molecule has 11 heavy (non-hydrogen) atoms. The summed E-state index contributed by atoms with van der Waals surface area (Å²) in [6.45, 7) is 4.04. The Morgan fingerprint density at radius 1 is 1.55 bits per heavy atom. The van der Waals surface area contributed by atoms with E-state index in [1.54, 1.807) is 0 Å². The van der Waals surface area contributed by atoms with Crippen LogP contribution in [-0.2, 0) is 0 Å². The van der Waals surface area contributed by atoms with Gasteiger partial charge in [-0.25, -0.2) is 0 Å². The minimum atomic E-state index is 1.01. The number of pyridine rings is 1. The first-order chi connectivity index (χ1) is 5.24. The molecule has 0 unspecified atom stereocenters. The zero-order valence-corrected chi connectivity index (χ0v) is 8.22. The predicted octanol–water partition coefficient (Wildman–Crippen LogP) is 3.19. The fourth-order valence-corrected chi connectivity index (χ4v) is 1.04. The van der Waals surface area contributed by atoms with Gasteiger partial charge in [0.15, 0.2) is 0 Å². The van der Waals surface area contributed by atoms with Crippen LogP contribution >= 0.6 is 15.9 Å². The number of aromatic nitrogens is 1. The Bertz CT molecular complexity index is 279. The number of allylic oxidation sites excluding steroid dienone is 1. The molecule has 58 valence electrons. The van der Waals surface area contributed by atoms with E-state index in [0.717, 1.165) is 10.2 Å². The quantitative estimate of drug-likeness (QED) is 0.696. The fourth-order valence-electron chi connectivity index (χ4n) is 0.823. The maximum Gasteiger partial charge on any atom is 0.0629 e. The molecule has 0 atom stereocenters. The number of aryl methyl sites for hydroxylation is 1. The van der Waals surface area contributed by atoms with Gasteiger partial charge in [-0.2, -0.15) is 0 Å². The number of halogens is 1. The Morgan fingerprint density at radius 2 is 2.27 bits per heavy atom. The molecule has 0 aromatic carbocycles. The van der Waals surface area contributed by atoms with Crippen molar-refractivity contribution in [2.75, 3.05) is 0 Å². The van der Waals surface area contributed by atoms with Crippen LogP contribution in [0.5, 0.6) is 0 Å². The molecule has 0 aliphatic rings. The Hall–Kier alpha value is -0.630. The maximum absolute atomic E-state index is 4.20. The SMILES string of the molecule is CC=Cc1cc(C)c(Br)cn1. The summed E-state index contributed by atoms with van der Waals surface area (Å²) in [6, 6.07) is 2.05. The van der Waals surface area contributed by atoms with Crippen molar-refractivity contribution in [1.29, 1.82) is 0 Å². The number of hydrogen-bond acceptors (Lipinski definition) is 1. The summed E-state index contributed by atoms with van der Waals surface area (Å²) in [4.78, 5) is 4.20. The predicted molar refractivity (Wildman–Crippen MR) is 51.4 cm³/mol. The van der Waals surface area contributed by atoms with Crippen LogP contribution in [0.4, 0.5) is 0 Å². The Kier molecular flexibility index (Phi) is 2.83. The molecule has 0 bridgehead atoms. The lowest BCUT2D eigenvalue weighted by molar-refractivity contribution is 1.23. The molecule has 1 heterocycles. The smallest absolute Gasteiger partial charge is 0.0629 e. The Morgan fingerprint density at radius 3 is 2.82 bits per heavy atom. The van der Waals surface area contributed by atoms with Crippen LogP contribution in [0.1, 0.15) is 18.2 Å². The van der Waals surface area contributed by atoms with Gasteiger partial charge in [0.05, 0.1) is 5.69 Å². The van der Waals surface area contributed by atoms with E-state index in [1.807, 2.05) is 31.3 Å². The highest BCUT2D eigenvalue weighted by atomic mass is 79.9. The van der Waals surface area contributed by atoms with Gasteiger partial charge in [-0.3, -0.25) is 4.98 Å². The van der Waals surface area contributed by atoms with Gasteiger partial charge in [0.2, 0.25) is 0 Å². The number of rotatable bonds is 1. The maximum atomic E-state index is 4.20. The molecule has 0 radical (unpaired) electrons. The molecule has 1 aromatic heterocycles.